The molecular weight excluding hydrogens is 408 g/mol. The monoisotopic (exact) mass is 438 g/mol. The summed E-state index contributed by atoms with van der Waals surface area (Å²) in [6, 6.07) is 18.9. The van der Waals surface area contributed by atoms with Crippen LogP contribution in [-0.4, -0.2) is 34.2 Å². The van der Waals surface area contributed by atoms with Crippen LogP contribution in [0.2, 0.25) is 0 Å². The number of rotatable bonds is 6. The number of hydrogen-bond acceptors (Lipinski definition) is 2. The number of nitrogens with zero attached hydrogens (tertiary/aromatic N) is 2. The van der Waals surface area contributed by atoms with Crippen molar-refractivity contribution in [2.24, 2.45) is 5.92 Å². The van der Waals surface area contributed by atoms with Crippen LogP contribution >= 0.6 is 0 Å². The highest BCUT2D eigenvalue weighted by Crippen LogP contribution is 2.28. The first-order valence-corrected chi connectivity index (χ1v) is 12.0. The molecule has 0 atom stereocenters. The SMILES string of the molecule is O=C1C=CC=C(c2ccc3c(ccn3CC3CCN(C(=O)CCc4ccccc4)CC3)c2)C1. The third kappa shape index (κ3) is 5.00. The second kappa shape index (κ2) is 9.62. The molecular formula is C29H30N2O2. The Labute approximate surface area is 195 Å². The van der Waals surface area contributed by atoms with E-state index in [1.807, 2.05) is 35.3 Å². The summed E-state index contributed by atoms with van der Waals surface area (Å²) in [4.78, 5) is 26.4. The number of piperidine rings is 1. The minimum Gasteiger partial charge on any atom is -0.347 e. The fourth-order valence-corrected chi connectivity index (χ4v) is 5.03. The van der Waals surface area contributed by atoms with E-state index in [2.05, 4.69) is 47.2 Å². The maximum absolute atomic E-state index is 12.6. The lowest BCUT2D eigenvalue weighted by molar-refractivity contribution is -0.132. The van der Waals surface area contributed by atoms with Crippen LogP contribution in [0.4, 0.5) is 0 Å². The normalized spacial score (nSPS) is 16.9. The Morgan fingerprint density at radius 1 is 1.00 bits per heavy atom. The molecule has 1 saturated heterocycles. The zero-order valence-electron chi connectivity index (χ0n) is 19.0. The number of hydrogen-bond donors (Lipinski definition) is 0. The van der Waals surface area contributed by atoms with Crippen molar-refractivity contribution in [2.75, 3.05) is 13.1 Å². The average Bonchev–Trinajstić information content (AvgIpc) is 3.25. The molecule has 2 aliphatic rings. The lowest BCUT2D eigenvalue weighted by atomic mass is 9.95. The lowest BCUT2D eigenvalue weighted by Gasteiger charge is -2.32. The maximum Gasteiger partial charge on any atom is 0.222 e. The second-order valence-electron chi connectivity index (χ2n) is 9.25. The van der Waals surface area contributed by atoms with E-state index in [-0.39, 0.29) is 11.7 Å². The van der Waals surface area contributed by atoms with Gasteiger partial charge >= 0.3 is 0 Å². The molecule has 4 nitrogen and oxygen atoms in total. The first-order chi connectivity index (χ1) is 16.2. The Kier molecular flexibility index (Phi) is 6.25. The van der Waals surface area contributed by atoms with Crippen molar-refractivity contribution in [3.8, 4) is 0 Å². The molecule has 1 aliphatic heterocycles. The number of likely N-dealkylation sites (tertiary alicyclic amines) is 1. The van der Waals surface area contributed by atoms with Gasteiger partial charge in [0.2, 0.25) is 5.91 Å². The Balaban J connectivity index is 1.16. The van der Waals surface area contributed by atoms with E-state index < -0.39 is 0 Å². The zero-order valence-corrected chi connectivity index (χ0v) is 19.0. The number of amides is 1. The Morgan fingerprint density at radius 2 is 1.82 bits per heavy atom. The van der Waals surface area contributed by atoms with Gasteiger partial charge in [-0.25, -0.2) is 0 Å². The molecule has 0 radical (unpaired) electrons. The van der Waals surface area contributed by atoms with E-state index in [9.17, 15) is 9.59 Å². The summed E-state index contributed by atoms with van der Waals surface area (Å²) in [5, 5.41) is 1.21. The molecule has 1 aliphatic carbocycles. The largest absolute Gasteiger partial charge is 0.347 e. The van der Waals surface area contributed by atoms with Crippen molar-refractivity contribution in [3.63, 3.8) is 0 Å². The summed E-state index contributed by atoms with van der Waals surface area (Å²) in [5.74, 6) is 1.03. The number of ketones is 1. The van der Waals surface area contributed by atoms with Crippen molar-refractivity contribution in [2.45, 2.75) is 38.6 Å². The molecule has 1 fully saturated rings. The molecule has 0 saturated carbocycles. The topological polar surface area (TPSA) is 42.3 Å². The van der Waals surface area contributed by atoms with Gasteiger partial charge in [0.05, 0.1) is 0 Å². The number of fused-ring (bicyclic) bond motifs is 1. The predicted molar refractivity (Wildman–Crippen MR) is 133 cm³/mol. The zero-order chi connectivity index (χ0) is 22.6. The average molecular weight is 439 g/mol. The number of carbonyl (C=O) groups excluding carboxylic acids is 2. The van der Waals surface area contributed by atoms with Crippen LogP contribution in [0.5, 0.6) is 0 Å². The fourth-order valence-electron chi connectivity index (χ4n) is 5.03. The molecule has 2 aromatic carbocycles. The van der Waals surface area contributed by atoms with Crippen LogP contribution in [0.15, 0.2) is 79.0 Å². The molecule has 4 heteroatoms. The van der Waals surface area contributed by atoms with Crippen LogP contribution in [0.1, 0.15) is 36.8 Å². The van der Waals surface area contributed by atoms with Crippen LogP contribution in [-0.2, 0) is 22.6 Å². The highest BCUT2D eigenvalue weighted by Gasteiger charge is 2.23. The Morgan fingerprint density at radius 3 is 2.61 bits per heavy atom. The number of aromatic nitrogens is 1. The first kappa shape index (κ1) is 21.4. The van der Waals surface area contributed by atoms with Gasteiger partial charge in [-0.1, -0.05) is 48.6 Å². The van der Waals surface area contributed by atoms with Crippen molar-refractivity contribution in [1.82, 2.24) is 9.47 Å². The highest BCUT2D eigenvalue weighted by molar-refractivity contribution is 6.01. The van der Waals surface area contributed by atoms with Gasteiger partial charge in [0.15, 0.2) is 5.78 Å². The Hall–Kier alpha value is -3.40. The van der Waals surface area contributed by atoms with E-state index >= 15 is 0 Å². The molecule has 168 valence electrons. The third-order valence-corrected chi connectivity index (χ3v) is 6.98. The summed E-state index contributed by atoms with van der Waals surface area (Å²) in [6.45, 7) is 2.70. The summed E-state index contributed by atoms with van der Waals surface area (Å²) in [5.41, 5.74) is 4.67. The summed E-state index contributed by atoms with van der Waals surface area (Å²) >= 11 is 0. The van der Waals surface area contributed by atoms with E-state index in [1.54, 1.807) is 6.08 Å². The molecule has 2 heterocycles. The summed E-state index contributed by atoms with van der Waals surface area (Å²) in [6.07, 6.45) is 11.7. The van der Waals surface area contributed by atoms with Crippen molar-refractivity contribution < 1.29 is 9.59 Å². The number of benzene rings is 2. The number of allylic oxidation sites excluding steroid dienone is 4. The smallest absolute Gasteiger partial charge is 0.222 e. The second-order valence-corrected chi connectivity index (χ2v) is 9.25. The standard InChI is InChI=1S/C29H30N2O2/c32-27-8-4-7-24(20-27)25-10-11-28-26(19-25)15-18-31(28)21-23-13-16-30(17-14-23)29(33)12-9-22-5-2-1-3-6-22/h1-8,10-11,15,18-19,23H,9,12-14,16-17,20-21H2. The minimum atomic E-state index is 0.162. The molecule has 0 spiro atoms. The van der Waals surface area contributed by atoms with Crippen LogP contribution < -0.4 is 0 Å². The van der Waals surface area contributed by atoms with Gasteiger partial charge < -0.3 is 9.47 Å². The van der Waals surface area contributed by atoms with Gasteiger partial charge in [-0.2, -0.15) is 0 Å². The quantitative estimate of drug-likeness (QED) is 0.515. The molecule has 5 rings (SSSR count). The van der Waals surface area contributed by atoms with Gasteiger partial charge in [0, 0.05) is 49.6 Å². The minimum absolute atomic E-state index is 0.162. The first-order valence-electron chi connectivity index (χ1n) is 12.0. The van der Waals surface area contributed by atoms with Gasteiger partial charge in [0.25, 0.3) is 0 Å². The van der Waals surface area contributed by atoms with E-state index in [0.717, 1.165) is 50.0 Å². The van der Waals surface area contributed by atoms with Crippen LogP contribution in [0.25, 0.3) is 16.5 Å². The van der Waals surface area contributed by atoms with Gasteiger partial charge in [-0.05, 0) is 66.2 Å². The summed E-state index contributed by atoms with van der Waals surface area (Å²) < 4.78 is 2.34. The van der Waals surface area contributed by atoms with Gasteiger partial charge in [0.1, 0.15) is 0 Å². The lowest BCUT2D eigenvalue weighted by Crippen LogP contribution is -2.39. The van der Waals surface area contributed by atoms with E-state index in [4.69, 9.17) is 0 Å². The van der Waals surface area contributed by atoms with Crippen molar-refractivity contribution in [1.29, 1.82) is 0 Å². The van der Waals surface area contributed by atoms with Crippen LogP contribution in [0, 0.1) is 5.92 Å². The molecule has 0 N–H and O–H groups in total. The van der Waals surface area contributed by atoms with Gasteiger partial charge in [-0.15, -0.1) is 0 Å². The van der Waals surface area contributed by atoms with E-state index in [0.29, 0.717) is 18.8 Å². The molecule has 3 aromatic rings. The third-order valence-electron chi connectivity index (χ3n) is 6.98. The number of aryl methyl sites for hydroxylation is 1. The Bertz CT molecular complexity index is 1210. The molecule has 1 amide bonds. The van der Waals surface area contributed by atoms with Gasteiger partial charge in [-0.3, -0.25) is 9.59 Å². The molecule has 1 aromatic heterocycles. The van der Waals surface area contributed by atoms with Crippen LogP contribution in [0.3, 0.4) is 0 Å². The molecule has 0 bridgehead atoms. The highest BCUT2D eigenvalue weighted by atomic mass is 16.2. The van der Waals surface area contributed by atoms with E-state index in [1.165, 1.54) is 16.5 Å². The maximum atomic E-state index is 12.6. The molecule has 33 heavy (non-hydrogen) atoms. The number of carbonyl (C=O) groups is 2. The van der Waals surface area contributed by atoms with Crippen molar-refractivity contribution >= 4 is 28.2 Å². The summed E-state index contributed by atoms with van der Waals surface area (Å²) in [7, 11) is 0. The van der Waals surface area contributed by atoms with Crippen molar-refractivity contribution in [3.05, 3.63) is 90.1 Å². The fraction of sp³-hybridized carbons (Fsp3) is 0.310. The molecule has 0 unspecified atom stereocenters. The predicted octanol–water partition coefficient (Wildman–Crippen LogP) is 5.43.